The Balaban J connectivity index is 0.000000171. The summed E-state index contributed by atoms with van der Waals surface area (Å²) < 4.78 is 40.5. The lowest BCUT2D eigenvalue weighted by Gasteiger charge is -2.38. The third-order valence-corrected chi connectivity index (χ3v) is 11.1. The van der Waals surface area contributed by atoms with Crippen molar-refractivity contribution in [3.8, 4) is 11.5 Å². The number of halogens is 5. The third kappa shape index (κ3) is 7.22. The van der Waals surface area contributed by atoms with Crippen LogP contribution in [-0.4, -0.2) is 45.2 Å². The van der Waals surface area contributed by atoms with E-state index in [9.17, 15) is 18.4 Å². The summed E-state index contributed by atoms with van der Waals surface area (Å²) in [5.74, 6) is 0.334. The van der Waals surface area contributed by atoms with Gasteiger partial charge in [0.1, 0.15) is 35.3 Å². The molecule has 1 saturated heterocycles. The molecule has 0 radical (unpaired) electrons. The Morgan fingerprint density at radius 3 is 1.83 bits per heavy atom. The molecule has 4 atom stereocenters. The fourth-order valence-electron chi connectivity index (χ4n) is 6.72. The molecule has 0 bridgehead atoms. The molecule has 4 unspecified atom stereocenters. The molecule has 8 rings (SSSR count). The Hall–Kier alpha value is -3.12. The fraction of sp³-hybridized carbons (Fsp3) is 0.243. The van der Waals surface area contributed by atoms with Crippen LogP contribution in [0, 0.1) is 11.6 Å². The maximum absolute atomic E-state index is 13.3. The highest BCUT2D eigenvalue weighted by Crippen LogP contribution is 2.51. The Bertz CT molecular complexity index is 2080. The fourth-order valence-corrected chi connectivity index (χ4v) is 8.31. The number of amidine groups is 1. The van der Waals surface area contributed by atoms with Gasteiger partial charge >= 0.3 is 0 Å². The van der Waals surface area contributed by atoms with Crippen molar-refractivity contribution in [1.29, 1.82) is 0 Å². The van der Waals surface area contributed by atoms with Gasteiger partial charge in [-0.3, -0.25) is 14.5 Å². The minimum atomic E-state index is -1.02. The molecular weight excluding hydrogens is 953 g/mol. The van der Waals surface area contributed by atoms with Crippen molar-refractivity contribution in [2.24, 2.45) is 4.99 Å². The summed E-state index contributed by atoms with van der Waals surface area (Å²) in [6, 6.07) is 23.4. The molecule has 1 fully saturated rings. The molecule has 0 aliphatic carbocycles. The number of fused-ring (bicyclic) bond motifs is 4. The normalized spacial score (nSPS) is 23.9. The number of ether oxygens (including phenoxy) is 2. The summed E-state index contributed by atoms with van der Waals surface area (Å²) in [5, 5.41) is 6.76. The number of hydrogen-bond acceptors (Lipinski definition) is 7. The number of alkyl halides is 1. The lowest BCUT2D eigenvalue weighted by atomic mass is 9.80. The second kappa shape index (κ2) is 15.7. The van der Waals surface area contributed by atoms with Crippen LogP contribution in [0.2, 0.25) is 0 Å². The molecule has 2 amide bonds. The molecule has 15 heteroatoms. The third-order valence-electron chi connectivity index (χ3n) is 9.14. The number of aliphatic imine (C=N–C) groups is 1. The number of thioether (sulfide) groups is 1. The van der Waals surface area contributed by atoms with E-state index < -0.39 is 17.2 Å². The lowest BCUT2D eigenvalue weighted by molar-refractivity contribution is -0.132. The van der Waals surface area contributed by atoms with Crippen LogP contribution in [0.1, 0.15) is 47.3 Å². The molecule has 0 aromatic heterocycles. The molecule has 52 heavy (non-hydrogen) atoms. The smallest absolute Gasteiger partial charge is 0.261 e. The van der Waals surface area contributed by atoms with Crippen LogP contribution in [0.3, 0.4) is 0 Å². The highest BCUT2D eigenvalue weighted by molar-refractivity contribution is 14.1. The predicted molar refractivity (Wildman–Crippen MR) is 218 cm³/mol. The van der Waals surface area contributed by atoms with E-state index in [-0.39, 0.29) is 29.6 Å². The van der Waals surface area contributed by atoms with Gasteiger partial charge in [0.25, 0.3) is 11.8 Å². The molecule has 4 aliphatic rings. The average molecular weight is 985 g/mol. The van der Waals surface area contributed by atoms with E-state index >= 15 is 0 Å². The Morgan fingerprint density at radius 2 is 1.35 bits per heavy atom. The number of benzene rings is 4. The number of amides is 2. The summed E-state index contributed by atoms with van der Waals surface area (Å²) in [4.78, 5) is 34.3. The zero-order valence-corrected chi connectivity index (χ0v) is 34.8. The molecular formula is C37H31Br2F2IN4O4S2. The highest BCUT2D eigenvalue weighted by atomic mass is 127. The van der Waals surface area contributed by atoms with E-state index in [1.807, 2.05) is 47.6 Å². The van der Waals surface area contributed by atoms with Gasteiger partial charge in [-0.05, 0) is 95.2 Å². The zero-order chi connectivity index (χ0) is 37.4. The van der Waals surface area contributed by atoms with Crippen molar-refractivity contribution in [3.63, 3.8) is 0 Å². The van der Waals surface area contributed by atoms with Crippen LogP contribution in [0.25, 0.3) is 0 Å². The quantitative estimate of drug-likeness (QED) is 0.118. The van der Waals surface area contributed by atoms with Crippen LogP contribution in [0.4, 0.5) is 8.78 Å². The first kappa shape index (κ1) is 38.6. The molecule has 2 spiro atoms. The second-order valence-electron chi connectivity index (χ2n) is 12.1. The average Bonchev–Trinajstić information content (AvgIpc) is 3.56. The maximum Gasteiger partial charge on any atom is 0.261 e. The van der Waals surface area contributed by atoms with Crippen LogP contribution in [0.15, 0.2) is 98.9 Å². The number of thiocarbonyl (C=S) groups is 1. The standard InChI is InChI=1S/C19H16BrFN2O2S.C17H12BrFN2O2S.CH3I/c1-23-17(24)19(22-18(23)26-2)10-16(11-3-6-13(21)7-4-11)25-15-8-5-12(20)9-14(15)19;18-10-3-6-13-12(7-10)17(15(22)20-16(24)21-17)8-14(23-13)9-1-4-11(19)5-2-9;1-2/h3-9,16H,10H2,1-2H3;1-7,14H,8H2,(H2,20,21,22,24);1H3. The number of rotatable bonds is 2. The Kier molecular flexibility index (Phi) is 11.7. The van der Waals surface area contributed by atoms with E-state index in [4.69, 9.17) is 26.7 Å². The van der Waals surface area contributed by atoms with Crippen LogP contribution in [-0.2, 0) is 20.7 Å². The minimum Gasteiger partial charge on any atom is -0.485 e. The molecule has 4 aromatic rings. The molecule has 4 aromatic carbocycles. The Morgan fingerprint density at radius 1 is 0.846 bits per heavy atom. The predicted octanol–water partition coefficient (Wildman–Crippen LogP) is 8.86. The summed E-state index contributed by atoms with van der Waals surface area (Å²) in [6.45, 7) is 0. The molecule has 4 aliphatic heterocycles. The lowest BCUT2D eigenvalue weighted by Crippen LogP contribution is -2.48. The van der Waals surface area contributed by atoms with Crippen LogP contribution >= 0.6 is 78.4 Å². The first-order chi connectivity index (χ1) is 24.9. The van der Waals surface area contributed by atoms with Gasteiger partial charge in [-0.25, -0.2) is 13.8 Å². The van der Waals surface area contributed by atoms with E-state index in [1.54, 1.807) is 36.2 Å². The van der Waals surface area contributed by atoms with Gasteiger partial charge in [-0.1, -0.05) is 90.5 Å². The zero-order valence-electron chi connectivity index (χ0n) is 27.9. The summed E-state index contributed by atoms with van der Waals surface area (Å²) in [5.41, 5.74) is 1.09. The van der Waals surface area contributed by atoms with Gasteiger partial charge in [0.05, 0.1) is 0 Å². The summed E-state index contributed by atoms with van der Waals surface area (Å²) >= 11 is 15.6. The van der Waals surface area contributed by atoms with E-state index in [0.29, 0.717) is 34.6 Å². The van der Waals surface area contributed by atoms with Crippen molar-refractivity contribution < 1.29 is 27.8 Å². The summed E-state index contributed by atoms with van der Waals surface area (Å²) in [7, 11) is 1.74. The second-order valence-corrected chi connectivity index (χ2v) is 15.2. The first-order valence-electron chi connectivity index (χ1n) is 15.8. The van der Waals surface area contributed by atoms with Crippen molar-refractivity contribution in [3.05, 3.63) is 128 Å². The van der Waals surface area contributed by atoms with E-state index in [0.717, 1.165) is 31.2 Å². The molecule has 4 heterocycles. The van der Waals surface area contributed by atoms with Gasteiger partial charge in [-0.2, -0.15) is 0 Å². The number of carbonyl (C=O) groups is 2. The summed E-state index contributed by atoms with van der Waals surface area (Å²) in [6.07, 6.45) is 1.86. The van der Waals surface area contributed by atoms with Gasteiger partial charge in [-0.15, -0.1) is 0 Å². The number of carbonyl (C=O) groups excluding carboxylic acids is 2. The number of likely N-dealkylation sites (N-methyl/N-ethyl adjacent to an activating group) is 1. The maximum atomic E-state index is 13.3. The first-order valence-corrected chi connectivity index (χ1v) is 21.2. The minimum absolute atomic E-state index is 0.0726. The van der Waals surface area contributed by atoms with E-state index in [1.165, 1.54) is 36.0 Å². The van der Waals surface area contributed by atoms with Gasteiger partial charge in [0.15, 0.2) is 21.4 Å². The topological polar surface area (TPSA) is 92.3 Å². The van der Waals surface area contributed by atoms with Crippen molar-refractivity contribution in [2.45, 2.75) is 36.1 Å². The number of nitrogens with one attached hydrogen (secondary N) is 2. The van der Waals surface area contributed by atoms with Crippen molar-refractivity contribution in [1.82, 2.24) is 15.5 Å². The molecule has 0 saturated carbocycles. The molecule has 8 nitrogen and oxygen atoms in total. The van der Waals surface area contributed by atoms with Crippen LogP contribution < -0.4 is 20.1 Å². The SMILES string of the molecule is CI.CSC1=NC2(CC(c3ccc(F)cc3)Oc3ccc(Br)cc32)C(=O)N1C.O=C1NC(=S)NC12CC(c1ccc(F)cc1)Oc1ccc(Br)cc12. The largest absolute Gasteiger partial charge is 0.485 e. The molecule has 270 valence electrons. The van der Waals surface area contributed by atoms with E-state index in [2.05, 4.69) is 65.1 Å². The van der Waals surface area contributed by atoms with Gasteiger partial charge in [0, 0.05) is 40.0 Å². The van der Waals surface area contributed by atoms with Crippen molar-refractivity contribution in [2.75, 3.05) is 18.2 Å². The molecule has 2 N–H and O–H groups in total. The Labute approximate surface area is 339 Å². The van der Waals surface area contributed by atoms with Gasteiger partial charge < -0.3 is 20.1 Å². The van der Waals surface area contributed by atoms with Crippen molar-refractivity contribution >= 4 is 101 Å². The monoisotopic (exact) mass is 982 g/mol. The number of hydrogen-bond donors (Lipinski definition) is 2. The van der Waals surface area contributed by atoms with Crippen LogP contribution in [0.5, 0.6) is 11.5 Å². The number of nitrogens with zero attached hydrogens (tertiary/aromatic N) is 2. The highest BCUT2D eigenvalue weighted by Gasteiger charge is 2.54. The van der Waals surface area contributed by atoms with Gasteiger partial charge in [0.2, 0.25) is 0 Å².